The summed E-state index contributed by atoms with van der Waals surface area (Å²) in [5.41, 5.74) is 3.22. The Morgan fingerprint density at radius 1 is 0.903 bits per heavy atom. The topological polar surface area (TPSA) is 55.4 Å². The number of benzene rings is 2. The van der Waals surface area contributed by atoms with Gasteiger partial charge in [-0.15, -0.1) is 0 Å². The van der Waals surface area contributed by atoms with Crippen molar-refractivity contribution in [3.63, 3.8) is 0 Å². The summed E-state index contributed by atoms with van der Waals surface area (Å²) in [6, 6.07) is 15.3. The van der Waals surface area contributed by atoms with Gasteiger partial charge in [-0.05, 0) is 93.4 Å². The first-order valence-corrected chi connectivity index (χ1v) is 11.6. The van der Waals surface area contributed by atoms with E-state index in [9.17, 15) is 9.59 Å². The molecule has 2 aromatic carbocycles. The molecule has 4 heteroatoms. The highest BCUT2D eigenvalue weighted by Gasteiger charge is 2.56. The van der Waals surface area contributed by atoms with Crippen LogP contribution >= 0.6 is 0 Å². The number of nitrogens with one attached hydrogen (secondary N) is 1. The van der Waals surface area contributed by atoms with Gasteiger partial charge in [-0.2, -0.15) is 0 Å². The molecule has 0 saturated heterocycles. The number of carbonyl (C=O) groups excluding carboxylic acids is 2. The van der Waals surface area contributed by atoms with Gasteiger partial charge in [0.25, 0.3) is 5.91 Å². The lowest BCUT2D eigenvalue weighted by Crippen LogP contribution is -2.51. The fourth-order valence-corrected chi connectivity index (χ4v) is 6.75. The van der Waals surface area contributed by atoms with E-state index in [0.717, 1.165) is 36.1 Å². The van der Waals surface area contributed by atoms with Gasteiger partial charge in [0.2, 0.25) is 6.10 Å². The first-order valence-electron chi connectivity index (χ1n) is 11.6. The van der Waals surface area contributed by atoms with E-state index >= 15 is 0 Å². The number of anilines is 1. The van der Waals surface area contributed by atoms with Crippen LogP contribution in [-0.4, -0.2) is 11.9 Å². The molecular weight excluding hydrogens is 386 g/mol. The Balaban J connectivity index is 1.39. The smallest absolute Gasteiger partial charge is 0.313 e. The highest BCUT2D eigenvalue weighted by Crippen LogP contribution is 2.60. The molecule has 4 bridgehead atoms. The quantitative estimate of drug-likeness (QED) is 0.631. The molecule has 4 aliphatic carbocycles. The van der Waals surface area contributed by atoms with Crippen molar-refractivity contribution in [1.29, 1.82) is 0 Å². The van der Waals surface area contributed by atoms with Gasteiger partial charge in [0.05, 0.1) is 5.41 Å². The molecule has 0 aromatic heterocycles. The van der Waals surface area contributed by atoms with Crippen molar-refractivity contribution in [2.24, 2.45) is 23.2 Å². The molecule has 1 amide bonds. The zero-order valence-electron chi connectivity index (χ0n) is 18.4. The minimum absolute atomic E-state index is 0.170. The first-order chi connectivity index (χ1) is 14.9. The van der Waals surface area contributed by atoms with E-state index in [0.29, 0.717) is 23.3 Å². The molecule has 0 radical (unpaired) electrons. The molecule has 6 rings (SSSR count). The third-order valence-corrected chi connectivity index (χ3v) is 7.53. The second-order valence-electron chi connectivity index (χ2n) is 10.3. The van der Waals surface area contributed by atoms with Gasteiger partial charge in [-0.1, -0.05) is 36.4 Å². The van der Waals surface area contributed by atoms with Gasteiger partial charge in [0.1, 0.15) is 0 Å². The lowest BCUT2D eigenvalue weighted by Gasteiger charge is -2.55. The van der Waals surface area contributed by atoms with Crippen molar-refractivity contribution < 1.29 is 14.3 Å². The zero-order chi connectivity index (χ0) is 21.6. The van der Waals surface area contributed by atoms with Crippen LogP contribution in [-0.2, 0) is 14.3 Å². The molecule has 0 heterocycles. The number of ether oxygens (including phenoxy) is 1. The largest absolute Gasteiger partial charge is 0.447 e. The summed E-state index contributed by atoms with van der Waals surface area (Å²) in [4.78, 5) is 26.9. The van der Waals surface area contributed by atoms with Gasteiger partial charge in [0.15, 0.2) is 0 Å². The summed E-state index contributed by atoms with van der Waals surface area (Å²) in [7, 11) is 0. The van der Waals surface area contributed by atoms with E-state index in [2.05, 4.69) is 11.4 Å². The van der Waals surface area contributed by atoms with Gasteiger partial charge in [0, 0.05) is 11.3 Å². The summed E-state index contributed by atoms with van der Waals surface area (Å²) in [5.74, 6) is 1.49. The molecule has 0 aliphatic heterocycles. The lowest BCUT2D eigenvalue weighted by atomic mass is 9.49. The normalized spacial score (nSPS) is 29.4. The van der Waals surface area contributed by atoms with Crippen LogP contribution in [0.2, 0.25) is 0 Å². The fraction of sp³-hybridized carbons (Fsp3) is 0.481. The van der Waals surface area contributed by atoms with Gasteiger partial charge < -0.3 is 10.1 Å². The van der Waals surface area contributed by atoms with Crippen molar-refractivity contribution in [3.05, 3.63) is 65.2 Å². The molecule has 4 fully saturated rings. The van der Waals surface area contributed by atoms with Crippen molar-refractivity contribution in [2.75, 3.05) is 5.32 Å². The Hall–Kier alpha value is -2.62. The first kappa shape index (κ1) is 20.3. The zero-order valence-corrected chi connectivity index (χ0v) is 18.4. The highest BCUT2D eigenvalue weighted by atomic mass is 16.5. The monoisotopic (exact) mass is 417 g/mol. The summed E-state index contributed by atoms with van der Waals surface area (Å²) in [5, 5.41) is 2.99. The average Bonchev–Trinajstić information content (AvgIpc) is 2.70. The standard InChI is InChI=1S/C27H31NO3/c1-17-8-18(2)10-23(9-17)28-25(29)24(22-6-4-3-5-7-22)31-26(30)27-14-19-11-20(15-27)13-21(12-19)16-27/h3-10,19-21,24H,11-16H2,1-2H3,(H,28,29). The molecule has 4 saturated carbocycles. The highest BCUT2D eigenvalue weighted by molar-refractivity contribution is 5.96. The van der Waals surface area contributed by atoms with Crippen LogP contribution in [0.25, 0.3) is 0 Å². The van der Waals surface area contributed by atoms with Crippen LogP contribution in [0.5, 0.6) is 0 Å². The van der Waals surface area contributed by atoms with E-state index in [-0.39, 0.29) is 17.3 Å². The van der Waals surface area contributed by atoms with Crippen molar-refractivity contribution in [3.8, 4) is 0 Å². The number of hydrogen-bond acceptors (Lipinski definition) is 3. The van der Waals surface area contributed by atoms with Crippen LogP contribution in [0.1, 0.15) is 61.3 Å². The summed E-state index contributed by atoms with van der Waals surface area (Å²) < 4.78 is 6.06. The SMILES string of the molecule is Cc1cc(C)cc(NC(=O)C(OC(=O)C23CC4CC(CC(C4)C2)C3)c2ccccc2)c1. The Morgan fingerprint density at radius 3 is 2.00 bits per heavy atom. The maximum Gasteiger partial charge on any atom is 0.313 e. The van der Waals surface area contributed by atoms with E-state index in [1.807, 2.05) is 56.3 Å². The van der Waals surface area contributed by atoms with Crippen LogP contribution in [0.4, 0.5) is 5.69 Å². The van der Waals surface area contributed by atoms with Crippen LogP contribution < -0.4 is 5.32 Å². The van der Waals surface area contributed by atoms with Crippen molar-refractivity contribution >= 4 is 17.6 Å². The number of rotatable bonds is 5. The molecule has 1 N–H and O–H groups in total. The number of carbonyl (C=O) groups is 2. The molecule has 0 spiro atoms. The third kappa shape index (κ3) is 4.00. The third-order valence-electron chi connectivity index (χ3n) is 7.53. The fourth-order valence-electron chi connectivity index (χ4n) is 6.75. The van der Waals surface area contributed by atoms with Crippen LogP contribution in [0, 0.1) is 37.0 Å². The Kier molecular flexibility index (Phi) is 5.11. The van der Waals surface area contributed by atoms with E-state index in [1.54, 1.807) is 0 Å². The Labute approximate surface area is 184 Å². The molecule has 1 unspecified atom stereocenters. The Morgan fingerprint density at radius 2 is 1.45 bits per heavy atom. The Bertz CT molecular complexity index is 941. The predicted octanol–water partition coefficient (Wildman–Crippen LogP) is 5.74. The summed E-state index contributed by atoms with van der Waals surface area (Å²) >= 11 is 0. The molecule has 4 nitrogen and oxygen atoms in total. The molecule has 31 heavy (non-hydrogen) atoms. The van der Waals surface area contributed by atoms with Crippen LogP contribution in [0.15, 0.2) is 48.5 Å². The maximum absolute atomic E-state index is 13.5. The van der Waals surface area contributed by atoms with E-state index < -0.39 is 6.10 Å². The minimum atomic E-state index is -0.942. The molecular formula is C27H31NO3. The van der Waals surface area contributed by atoms with Gasteiger partial charge >= 0.3 is 5.97 Å². The molecule has 1 atom stereocenters. The number of aryl methyl sites for hydroxylation is 2. The number of esters is 1. The second-order valence-corrected chi connectivity index (χ2v) is 10.3. The summed E-state index contributed by atoms with van der Waals surface area (Å²) in [6.45, 7) is 4.01. The van der Waals surface area contributed by atoms with Gasteiger partial charge in [-0.25, -0.2) is 0 Å². The van der Waals surface area contributed by atoms with Gasteiger partial charge in [-0.3, -0.25) is 9.59 Å². The van der Waals surface area contributed by atoms with E-state index in [4.69, 9.17) is 4.74 Å². The van der Waals surface area contributed by atoms with E-state index in [1.165, 1.54) is 19.3 Å². The molecule has 4 aliphatic rings. The molecule has 162 valence electrons. The number of amides is 1. The second kappa shape index (κ2) is 7.81. The van der Waals surface area contributed by atoms with Crippen molar-refractivity contribution in [2.45, 2.75) is 58.5 Å². The summed E-state index contributed by atoms with van der Waals surface area (Å²) in [6.07, 6.45) is 5.64. The lowest BCUT2D eigenvalue weighted by molar-refractivity contribution is -0.179. The average molecular weight is 418 g/mol. The van der Waals surface area contributed by atoms with Crippen molar-refractivity contribution in [1.82, 2.24) is 0 Å². The predicted molar refractivity (Wildman–Crippen MR) is 120 cm³/mol. The molecule has 2 aromatic rings. The maximum atomic E-state index is 13.5. The minimum Gasteiger partial charge on any atom is -0.447 e. The number of hydrogen-bond donors (Lipinski definition) is 1. The van der Waals surface area contributed by atoms with Crippen LogP contribution in [0.3, 0.4) is 0 Å².